The van der Waals surface area contributed by atoms with Gasteiger partial charge < -0.3 is 0 Å². The number of sulfonamides is 1. The lowest BCUT2D eigenvalue weighted by molar-refractivity contribution is 0.589. The van der Waals surface area contributed by atoms with E-state index in [-0.39, 0.29) is 10.6 Å². The summed E-state index contributed by atoms with van der Waals surface area (Å²) >= 11 is 0. The highest BCUT2D eigenvalue weighted by atomic mass is 32.2. The Morgan fingerprint density at radius 2 is 1.67 bits per heavy atom. The summed E-state index contributed by atoms with van der Waals surface area (Å²) in [5.74, 6) is -0.564. The molecule has 0 N–H and O–H groups in total. The van der Waals surface area contributed by atoms with Crippen LogP contribution in [0.25, 0.3) is 0 Å². The van der Waals surface area contributed by atoms with Crippen LogP contribution >= 0.6 is 0 Å². The number of rotatable bonds is 5. The van der Waals surface area contributed by atoms with Crippen molar-refractivity contribution in [1.82, 2.24) is 0 Å². The summed E-state index contributed by atoms with van der Waals surface area (Å²) in [5.41, 5.74) is 1.13. The first-order valence-electron chi connectivity index (χ1n) is 6.79. The van der Waals surface area contributed by atoms with Crippen LogP contribution in [0.3, 0.4) is 0 Å². The highest BCUT2D eigenvalue weighted by molar-refractivity contribution is 7.92. The van der Waals surface area contributed by atoms with Crippen molar-refractivity contribution >= 4 is 15.7 Å². The van der Waals surface area contributed by atoms with E-state index in [1.54, 1.807) is 30.3 Å². The summed E-state index contributed by atoms with van der Waals surface area (Å²) in [6.07, 6.45) is 1.91. The molecule has 0 aliphatic rings. The molecular weight excluding hydrogens is 289 g/mol. The molecule has 0 bridgehead atoms. The van der Waals surface area contributed by atoms with Crippen molar-refractivity contribution in [2.75, 3.05) is 11.4 Å². The van der Waals surface area contributed by atoms with Crippen LogP contribution in [0.4, 0.5) is 10.1 Å². The van der Waals surface area contributed by atoms with Crippen molar-refractivity contribution in [2.45, 2.75) is 24.7 Å². The topological polar surface area (TPSA) is 37.4 Å². The number of nitrogens with zero attached hydrogens (tertiary/aromatic N) is 1. The van der Waals surface area contributed by atoms with Gasteiger partial charge >= 0.3 is 0 Å². The Hall–Kier alpha value is -1.88. The molecule has 21 heavy (non-hydrogen) atoms. The number of aryl methyl sites for hydroxylation is 1. The van der Waals surface area contributed by atoms with E-state index in [9.17, 15) is 12.8 Å². The number of anilines is 1. The zero-order valence-corrected chi connectivity index (χ0v) is 12.9. The lowest BCUT2D eigenvalue weighted by Gasteiger charge is -2.20. The maximum atomic E-state index is 13.7. The molecule has 112 valence electrons. The predicted molar refractivity (Wildman–Crippen MR) is 82.4 cm³/mol. The Morgan fingerprint density at radius 1 is 1.05 bits per heavy atom. The number of hydrogen-bond donors (Lipinski definition) is 0. The molecule has 0 fully saturated rings. The molecule has 0 saturated heterocycles. The van der Waals surface area contributed by atoms with Crippen LogP contribution in [0.2, 0.25) is 0 Å². The molecule has 0 atom stereocenters. The number of halogens is 1. The standard InChI is InChI=1S/C16H18FNO2S/c1-3-6-13-9-11-14(12-10-13)21(19,20)18(2)16-8-5-4-7-15(16)17/h4-5,7-12H,3,6H2,1-2H3. The average molecular weight is 307 g/mol. The van der Waals surface area contributed by atoms with Crippen molar-refractivity contribution < 1.29 is 12.8 Å². The fraction of sp³-hybridized carbons (Fsp3) is 0.250. The minimum atomic E-state index is -3.75. The molecule has 0 unspecified atom stereocenters. The summed E-state index contributed by atoms with van der Waals surface area (Å²) in [4.78, 5) is 0.160. The summed E-state index contributed by atoms with van der Waals surface area (Å²) < 4.78 is 39.7. The molecule has 0 heterocycles. The van der Waals surface area contributed by atoms with E-state index >= 15 is 0 Å². The smallest absolute Gasteiger partial charge is 0.264 e. The first-order chi connectivity index (χ1) is 9.96. The van der Waals surface area contributed by atoms with Gasteiger partial charge in [-0.15, -0.1) is 0 Å². The van der Waals surface area contributed by atoms with Crippen molar-refractivity contribution in [3.05, 3.63) is 59.9 Å². The van der Waals surface area contributed by atoms with E-state index in [0.29, 0.717) is 0 Å². The van der Waals surface area contributed by atoms with Gasteiger partial charge in [-0.2, -0.15) is 0 Å². The highest BCUT2D eigenvalue weighted by Crippen LogP contribution is 2.24. The van der Waals surface area contributed by atoms with E-state index in [1.807, 2.05) is 0 Å². The van der Waals surface area contributed by atoms with Crippen LogP contribution in [0, 0.1) is 5.82 Å². The fourth-order valence-electron chi connectivity index (χ4n) is 2.11. The van der Waals surface area contributed by atoms with E-state index < -0.39 is 15.8 Å². The first kappa shape index (κ1) is 15.5. The quantitative estimate of drug-likeness (QED) is 0.846. The van der Waals surface area contributed by atoms with Crippen molar-refractivity contribution in [2.24, 2.45) is 0 Å². The summed E-state index contributed by atoms with van der Waals surface area (Å²) in [6.45, 7) is 2.07. The molecule has 0 spiro atoms. The van der Waals surface area contributed by atoms with Crippen LogP contribution in [0.15, 0.2) is 53.4 Å². The van der Waals surface area contributed by atoms with Gasteiger partial charge in [0.05, 0.1) is 10.6 Å². The average Bonchev–Trinajstić information content (AvgIpc) is 2.48. The monoisotopic (exact) mass is 307 g/mol. The summed E-state index contributed by atoms with van der Waals surface area (Å²) in [6, 6.07) is 12.5. The molecule has 0 saturated carbocycles. The third-order valence-electron chi connectivity index (χ3n) is 3.31. The second kappa shape index (κ2) is 6.26. The largest absolute Gasteiger partial charge is 0.266 e. The Kier molecular flexibility index (Phi) is 4.63. The number of benzene rings is 2. The van der Waals surface area contributed by atoms with Gasteiger partial charge in [0.2, 0.25) is 0 Å². The SMILES string of the molecule is CCCc1ccc(S(=O)(=O)N(C)c2ccccc2F)cc1. The fourth-order valence-corrected chi connectivity index (χ4v) is 3.31. The van der Waals surface area contributed by atoms with Crippen molar-refractivity contribution in [3.8, 4) is 0 Å². The molecular formula is C16H18FNO2S. The van der Waals surface area contributed by atoms with Crippen LogP contribution < -0.4 is 4.31 Å². The number of para-hydroxylation sites is 1. The molecule has 2 aromatic carbocycles. The van der Waals surface area contributed by atoms with Crippen molar-refractivity contribution in [1.29, 1.82) is 0 Å². The van der Waals surface area contributed by atoms with Gasteiger partial charge in [-0.1, -0.05) is 37.6 Å². The van der Waals surface area contributed by atoms with Gasteiger partial charge in [0.25, 0.3) is 10.0 Å². The predicted octanol–water partition coefficient (Wildman–Crippen LogP) is 3.60. The Labute approximate surface area is 125 Å². The normalized spacial score (nSPS) is 11.4. The molecule has 0 aliphatic carbocycles. The Balaban J connectivity index is 2.35. The van der Waals surface area contributed by atoms with Crippen LogP contribution in [-0.2, 0) is 16.4 Å². The minimum absolute atomic E-state index is 0.0372. The minimum Gasteiger partial charge on any atom is -0.266 e. The van der Waals surface area contributed by atoms with E-state index in [0.717, 1.165) is 22.7 Å². The van der Waals surface area contributed by atoms with Gasteiger partial charge in [0.1, 0.15) is 5.82 Å². The number of hydrogen-bond acceptors (Lipinski definition) is 2. The van der Waals surface area contributed by atoms with E-state index in [4.69, 9.17) is 0 Å². The zero-order chi connectivity index (χ0) is 15.5. The lowest BCUT2D eigenvalue weighted by atomic mass is 10.1. The van der Waals surface area contributed by atoms with Crippen LogP contribution in [0.5, 0.6) is 0 Å². The summed E-state index contributed by atoms with van der Waals surface area (Å²) in [7, 11) is -2.40. The maximum absolute atomic E-state index is 13.7. The Bertz CT molecular complexity index is 711. The molecule has 0 aromatic heterocycles. The van der Waals surface area contributed by atoms with Gasteiger partial charge in [0, 0.05) is 7.05 Å². The lowest BCUT2D eigenvalue weighted by Crippen LogP contribution is -2.27. The molecule has 0 aliphatic heterocycles. The molecule has 0 amide bonds. The van der Waals surface area contributed by atoms with Gasteiger partial charge in [-0.05, 0) is 36.2 Å². The van der Waals surface area contributed by atoms with Crippen LogP contribution in [0.1, 0.15) is 18.9 Å². The van der Waals surface area contributed by atoms with Gasteiger partial charge in [0.15, 0.2) is 0 Å². The Morgan fingerprint density at radius 3 is 2.24 bits per heavy atom. The molecule has 2 aromatic rings. The highest BCUT2D eigenvalue weighted by Gasteiger charge is 2.23. The third kappa shape index (κ3) is 3.24. The molecule has 3 nitrogen and oxygen atoms in total. The van der Waals surface area contributed by atoms with Gasteiger partial charge in [-0.3, -0.25) is 4.31 Å². The second-order valence-electron chi connectivity index (χ2n) is 4.82. The molecule has 5 heteroatoms. The second-order valence-corrected chi connectivity index (χ2v) is 6.79. The van der Waals surface area contributed by atoms with Crippen LogP contribution in [-0.4, -0.2) is 15.5 Å². The third-order valence-corrected chi connectivity index (χ3v) is 5.10. The van der Waals surface area contributed by atoms with Crippen molar-refractivity contribution in [3.63, 3.8) is 0 Å². The molecule has 2 rings (SSSR count). The summed E-state index contributed by atoms with van der Waals surface area (Å²) in [5, 5.41) is 0. The van der Waals surface area contributed by atoms with Gasteiger partial charge in [-0.25, -0.2) is 12.8 Å². The zero-order valence-electron chi connectivity index (χ0n) is 12.1. The maximum Gasteiger partial charge on any atom is 0.264 e. The first-order valence-corrected chi connectivity index (χ1v) is 8.23. The van der Waals surface area contributed by atoms with E-state index in [1.165, 1.54) is 25.2 Å². The molecule has 0 radical (unpaired) electrons. The van der Waals surface area contributed by atoms with E-state index in [2.05, 4.69) is 6.92 Å².